The number of aromatic nitrogens is 2. The number of rotatable bonds is 8. The van der Waals surface area contributed by atoms with E-state index in [9.17, 15) is 9.59 Å². The summed E-state index contributed by atoms with van der Waals surface area (Å²) in [7, 11) is 0. The maximum atomic E-state index is 13.2. The first-order valence-corrected chi connectivity index (χ1v) is 11.7. The lowest BCUT2D eigenvalue weighted by Gasteiger charge is -2.13. The van der Waals surface area contributed by atoms with Gasteiger partial charge in [0, 0.05) is 0 Å². The Morgan fingerprint density at radius 2 is 1.79 bits per heavy atom. The van der Waals surface area contributed by atoms with Crippen LogP contribution >= 0.6 is 11.8 Å². The zero-order valence-corrected chi connectivity index (χ0v) is 19.4. The Morgan fingerprint density at radius 3 is 2.58 bits per heavy atom. The van der Waals surface area contributed by atoms with Crippen LogP contribution in [-0.4, -0.2) is 34.4 Å². The molecule has 6 nitrogen and oxygen atoms in total. The molecule has 0 aliphatic heterocycles. The van der Waals surface area contributed by atoms with Crippen LogP contribution < -0.4 is 15.6 Å². The number of nitrogens with zero attached hydrogens (tertiary/aromatic N) is 2. The highest BCUT2D eigenvalue weighted by molar-refractivity contribution is 7.99. The number of benzene rings is 3. The largest absolute Gasteiger partial charge is 0.492 e. The number of carbonyl (C=O) groups is 1. The summed E-state index contributed by atoms with van der Waals surface area (Å²) in [4.78, 5) is 30.3. The van der Waals surface area contributed by atoms with Gasteiger partial charge in [-0.1, -0.05) is 53.7 Å². The fourth-order valence-electron chi connectivity index (χ4n) is 3.38. The van der Waals surface area contributed by atoms with Crippen molar-refractivity contribution in [3.63, 3.8) is 0 Å². The summed E-state index contributed by atoms with van der Waals surface area (Å²) in [5.41, 5.74) is 3.40. The quantitative estimate of drug-likeness (QED) is 0.242. The first-order chi connectivity index (χ1) is 16.0. The number of amides is 1. The number of carbonyl (C=O) groups excluding carboxylic acids is 1. The van der Waals surface area contributed by atoms with Gasteiger partial charge in [0.2, 0.25) is 5.91 Å². The lowest BCUT2D eigenvalue weighted by atomic mass is 10.2. The fourth-order valence-corrected chi connectivity index (χ4v) is 4.22. The minimum absolute atomic E-state index is 0.140. The molecular weight excluding hydrogens is 434 g/mol. The predicted molar refractivity (Wildman–Crippen MR) is 132 cm³/mol. The molecule has 1 N–H and O–H groups in total. The van der Waals surface area contributed by atoms with E-state index in [4.69, 9.17) is 4.74 Å². The highest BCUT2D eigenvalue weighted by Crippen LogP contribution is 2.21. The molecule has 4 rings (SSSR count). The van der Waals surface area contributed by atoms with Crippen molar-refractivity contribution in [2.45, 2.75) is 19.0 Å². The van der Waals surface area contributed by atoms with E-state index >= 15 is 0 Å². The van der Waals surface area contributed by atoms with Gasteiger partial charge in [0.25, 0.3) is 5.56 Å². The summed E-state index contributed by atoms with van der Waals surface area (Å²) in [6.45, 7) is 4.77. The molecule has 0 unspecified atom stereocenters. The molecule has 7 heteroatoms. The van der Waals surface area contributed by atoms with Crippen molar-refractivity contribution < 1.29 is 9.53 Å². The van der Waals surface area contributed by atoms with Crippen molar-refractivity contribution in [1.82, 2.24) is 14.9 Å². The van der Waals surface area contributed by atoms with Gasteiger partial charge in [-0.15, -0.1) is 0 Å². The monoisotopic (exact) mass is 459 g/mol. The molecule has 0 fully saturated rings. The zero-order chi connectivity index (χ0) is 23.2. The molecule has 0 aliphatic rings. The molecule has 0 radical (unpaired) electrons. The minimum Gasteiger partial charge on any atom is -0.492 e. The van der Waals surface area contributed by atoms with Crippen molar-refractivity contribution in [3.8, 4) is 11.4 Å². The van der Waals surface area contributed by atoms with Crippen molar-refractivity contribution in [3.05, 3.63) is 94.3 Å². The molecule has 4 aromatic rings. The molecule has 0 atom stereocenters. The third-order valence-corrected chi connectivity index (χ3v) is 5.99. The van der Waals surface area contributed by atoms with Gasteiger partial charge in [-0.05, 0) is 55.8 Å². The number of hydrogen-bond donors (Lipinski definition) is 1. The van der Waals surface area contributed by atoms with Gasteiger partial charge >= 0.3 is 0 Å². The van der Waals surface area contributed by atoms with Crippen LogP contribution in [-0.2, 0) is 4.79 Å². The minimum atomic E-state index is -0.154. The molecule has 1 aromatic heterocycles. The summed E-state index contributed by atoms with van der Waals surface area (Å²) in [5, 5.41) is 3.88. The van der Waals surface area contributed by atoms with E-state index in [-0.39, 0.29) is 17.2 Å². The van der Waals surface area contributed by atoms with Crippen LogP contribution in [0.5, 0.6) is 5.75 Å². The van der Waals surface area contributed by atoms with Gasteiger partial charge in [0.05, 0.1) is 28.9 Å². The highest BCUT2D eigenvalue weighted by atomic mass is 32.2. The first kappa shape index (κ1) is 22.6. The number of hydrogen-bond acceptors (Lipinski definition) is 5. The molecule has 33 heavy (non-hydrogen) atoms. The number of ether oxygens (including phenoxy) is 1. The first-order valence-electron chi connectivity index (χ1n) is 10.7. The Hall–Kier alpha value is -3.58. The third-order valence-electron chi connectivity index (χ3n) is 5.05. The lowest BCUT2D eigenvalue weighted by molar-refractivity contribution is -0.118. The molecular formula is C26H25N3O3S. The van der Waals surface area contributed by atoms with Crippen LogP contribution in [0.15, 0.2) is 82.7 Å². The average Bonchev–Trinajstić information content (AvgIpc) is 2.81. The third kappa shape index (κ3) is 5.62. The van der Waals surface area contributed by atoms with Crippen molar-refractivity contribution >= 4 is 28.6 Å². The Balaban J connectivity index is 1.45. The number of fused-ring (bicyclic) bond motifs is 1. The number of aryl methyl sites for hydroxylation is 2. The van der Waals surface area contributed by atoms with Crippen LogP contribution in [0, 0.1) is 13.8 Å². The van der Waals surface area contributed by atoms with Crippen LogP contribution in [0.3, 0.4) is 0 Å². The fraction of sp³-hybridized carbons (Fsp3) is 0.192. The highest BCUT2D eigenvalue weighted by Gasteiger charge is 2.14. The smallest absolute Gasteiger partial charge is 0.266 e. The van der Waals surface area contributed by atoms with E-state index in [2.05, 4.69) is 10.3 Å². The molecule has 0 saturated heterocycles. The van der Waals surface area contributed by atoms with Crippen molar-refractivity contribution in [2.75, 3.05) is 18.9 Å². The predicted octanol–water partition coefficient (Wildman–Crippen LogP) is 4.29. The number of nitrogens with one attached hydrogen (secondary N) is 1. The van der Waals surface area contributed by atoms with E-state index in [1.165, 1.54) is 11.8 Å². The Morgan fingerprint density at radius 1 is 1.00 bits per heavy atom. The van der Waals surface area contributed by atoms with Crippen molar-refractivity contribution in [2.24, 2.45) is 0 Å². The van der Waals surface area contributed by atoms with Gasteiger partial charge in [0.15, 0.2) is 5.16 Å². The SMILES string of the molecule is Cc1ccc(-n2c(SCC(=O)NCCOc3cccc(C)c3)nc3ccccc3c2=O)cc1. The van der Waals surface area contributed by atoms with E-state index in [0.717, 1.165) is 22.6 Å². The summed E-state index contributed by atoms with van der Waals surface area (Å²) in [6.07, 6.45) is 0. The second-order valence-corrected chi connectivity index (χ2v) is 8.63. The average molecular weight is 460 g/mol. The second-order valence-electron chi connectivity index (χ2n) is 7.69. The molecule has 1 heterocycles. The molecule has 1 amide bonds. The molecule has 0 spiro atoms. The molecule has 0 aliphatic carbocycles. The van der Waals surface area contributed by atoms with Gasteiger partial charge in [0.1, 0.15) is 12.4 Å². The maximum Gasteiger partial charge on any atom is 0.266 e. The Kier molecular flexibility index (Phi) is 7.10. The van der Waals surface area contributed by atoms with Gasteiger partial charge < -0.3 is 10.1 Å². The summed E-state index contributed by atoms with van der Waals surface area (Å²) < 4.78 is 7.24. The lowest BCUT2D eigenvalue weighted by Crippen LogP contribution is -2.30. The normalized spacial score (nSPS) is 10.8. The van der Waals surface area contributed by atoms with E-state index < -0.39 is 0 Å². The van der Waals surface area contributed by atoms with E-state index in [1.807, 2.05) is 80.6 Å². The number of thioether (sulfide) groups is 1. The molecule has 0 bridgehead atoms. The number of para-hydroxylation sites is 1. The molecule has 168 valence electrons. The zero-order valence-electron chi connectivity index (χ0n) is 18.6. The van der Waals surface area contributed by atoms with Crippen LogP contribution in [0.1, 0.15) is 11.1 Å². The topological polar surface area (TPSA) is 73.2 Å². The van der Waals surface area contributed by atoms with Crippen molar-refractivity contribution in [1.29, 1.82) is 0 Å². The van der Waals surface area contributed by atoms with Gasteiger partial charge in [-0.25, -0.2) is 4.98 Å². The summed E-state index contributed by atoms with van der Waals surface area (Å²) in [6, 6.07) is 22.7. The summed E-state index contributed by atoms with van der Waals surface area (Å²) >= 11 is 1.24. The Labute approximate surface area is 196 Å². The maximum absolute atomic E-state index is 13.2. The van der Waals surface area contributed by atoms with E-state index in [1.54, 1.807) is 10.6 Å². The van der Waals surface area contributed by atoms with Gasteiger partial charge in [-0.2, -0.15) is 0 Å². The van der Waals surface area contributed by atoms with Crippen LogP contribution in [0.2, 0.25) is 0 Å². The van der Waals surface area contributed by atoms with E-state index in [0.29, 0.717) is 29.2 Å². The van der Waals surface area contributed by atoms with Gasteiger partial charge in [-0.3, -0.25) is 14.2 Å². The van der Waals surface area contributed by atoms with Crippen LogP contribution in [0.4, 0.5) is 0 Å². The second kappa shape index (κ2) is 10.4. The molecule has 0 saturated carbocycles. The molecule has 3 aromatic carbocycles. The summed E-state index contributed by atoms with van der Waals surface area (Å²) in [5.74, 6) is 0.771. The Bertz CT molecular complexity index is 1330. The van der Waals surface area contributed by atoms with Crippen LogP contribution in [0.25, 0.3) is 16.6 Å². The standard InChI is InChI=1S/C26H25N3O3S/c1-18-10-12-20(13-11-18)29-25(31)22-8-3-4-9-23(22)28-26(29)33-17-24(30)27-14-15-32-21-7-5-6-19(2)16-21/h3-13,16H,14-15,17H2,1-2H3,(H,27,30).